The lowest BCUT2D eigenvalue weighted by molar-refractivity contribution is -0.123. The molecule has 0 saturated carbocycles. The van der Waals surface area contributed by atoms with Gasteiger partial charge in [0.05, 0.1) is 5.02 Å². The molecule has 2 aromatic heterocycles. The van der Waals surface area contributed by atoms with Crippen molar-refractivity contribution in [1.82, 2.24) is 9.97 Å². The van der Waals surface area contributed by atoms with Crippen LogP contribution in [0.2, 0.25) is 5.02 Å². The van der Waals surface area contributed by atoms with Crippen LogP contribution in [0.15, 0.2) is 71.8 Å². The third kappa shape index (κ3) is 5.21. The topological polar surface area (TPSA) is 110 Å². The van der Waals surface area contributed by atoms with Crippen LogP contribution in [0.1, 0.15) is 20.3 Å². The van der Waals surface area contributed by atoms with Gasteiger partial charge < -0.3 is 20.8 Å². The summed E-state index contributed by atoms with van der Waals surface area (Å²) in [6.45, 7) is 4.05. The van der Waals surface area contributed by atoms with Crippen molar-refractivity contribution >= 4 is 39.8 Å². The molecule has 4 aromatic rings. The Bertz CT molecular complexity index is 1400. The number of anilines is 2. The zero-order valence-electron chi connectivity index (χ0n) is 18.8. The summed E-state index contributed by atoms with van der Waals surface area (Å²) in [5, 5.41) is 4.94. The van der Waals surface area contributed by atoms with E-state index in [-0.39, 0.29) is 17.4 Å². The van der Waals surface area contributed by atoms with E-state index in [9.17, 15) is 9.59 Å². The molecule has 2 aromatic carbocycles. The minimum Gasteiger partial charge on any atom is -0.481 e. The van der Waals surface area contributed by atoms with Crippen LogP contribution in [0, 0.1) is 5.92 Å². The second-order valence-electron chi connectivity index (χ2n) is 8.41. The van der Waals surface area contributed by atoms with Crippen molar-refractivity contribution in [2.24, 2.45) is 5.92 Å². The highest BCUT2D eigenvalue weighted by Crippen LogP contribution is 2.29. The Labute approximate surface area is 201 Å². The molecule has 1 amide bonds. The standard InChI is InChI=1S/C26H25ClN4O3/c1-15(2)12-23(34-18-7-5-16-9-11-29-24(28)21(16)14-18)26(33)31-17-6-8-19(22(27)13-17)20-4-3-10-30-25(20)32/h3-11,13-15,23H,12H2,1-2H3,(H2,28,29)(H,30,32)(H,31,33). The molecule has 1 unspecified atom stereocenters. The van der Waals surface area contributed by atoms with Gasteiger partial charge >= 0.3 is 0 Å². The molecular formula is C26H25ClN4O3. The quantitative estimate of drug-likeness (QED) is 0.337. The number of halogens is 1. The fourth-order valence-corrected chi connectivity index (χ4v) is 3.99. The van der Waals surface area contributed by atoms with Gasteiger partial charge in [-0.1, -0.05) is 37.6 Å². The van der Waals surface area contributed by atoms with E-state index < -0.39 is 6.10 Å². The number of nitrogens with two attached hydrogens (primary N) is 1. The van der Waals surface area contributed by atoms with Gasteiger partial charge in [-0.05, 0) is 60.2 Å². The number of nitrogens with one attached hydrogen (secondary N) is 2. The number of ether oxygens (including phenoxy) is 1. The summed E-state index contributed by atoms with van der Waals surface area (Å²) in [6.07, 6.45) is 2.99. The van der Waals surface area contributed by atoms with Crippen LogP contribution in [-0.4, -0.2) is 22.0 Å². The van der Waals surface area contributed by atoms with Crippen molar-refractivity contribution < 1.29 is 9.53 Å². The van der Waals surface area contributed by atoms with E-state index in [2.05, 4.69) is 15.3 Å². The van der Waals surface area contributed by atoms with E-state index in [1.165, 1.54) is 0 Å². The van der Waals surface area contributed by atoms with E-state index in [1.807, 2.05) is 32.0 Å². The molecule has 174 valence electrons. The predicted octanol–water partition coefficient (Wildman–Crippen LogP) is 5.26. The van der Waals surface area contributed by atoms with Crippen LogP contribution in [0.4, 0.5) is 11.5 Å². The lowest BCUT2D eigenvalue weighted by atomic mass is 10.0. The first-order valence-corrected chi connectivity index (χ1v) is 11.3. The highest BCUT2D eigenvalue weighted by atomic mass is 35.5. The van der Waals surface area contributed by atoms with Crippen LogP contribution in [-0.2, 0) is 4.79 Å². The summed E-state index contributed by atoms with van der Waals surface area (Å²) in [7, 11) is 0. The second-order valence-corrected chi connectivity index (χ2v) is 8.82. The SMILES string of the molecule is CC(C)CC(Oc1ccc2ccnc(N)c2c1)C(=O)Nc1ccc(-c2ccc[nH]c2=O)c(Cl)c1. The smallest absolute Gasteiger partial charge is 0.265 e. The van der Waals surface area contributed by atoms with Gasteiger partial charge in [0.15, 0.2) is 6.10 Å². The number of pyridine rings is 2. The van der Waals surface area contributed by atoms with Crippen molar-refractivity contribution in [3.05, 3.63) is 82.4 Å². The largest absolute Gasteiger partial charge is 0.481 e. The number of benzene rings is 2. The van der Waals surface area contributed by atoms with Crippen LogP contribution in [0.5, 0.6) is 5.75 Å². The van der Waals surface area contributed by atoms with Crippen molar-refractivity contribution in [2.75, 3.05) is 11.1 Å². The summed E-state index contributed by atoms with van der Waals surface area (Å²) in [4.78, 5) is 32.0. The first-order valence-electron chi connectivity index (χ1n) is 10.9. The molecule has 0 radical (unpaired) electrons. The van der Waals surface area contributed by atoms with E-state index in [4.69, 9.17) is 22.1 Å². The van der Waals surface area contributed by atoms with Crippen molar-refractivity contribution in [1.29, 1.82) is 0 Å². The van der Waals surface area contributed by atoms with Gasteiger partial charge in [-0.2, -0.15) is 0 Å². The molecule has 1 atom stereocenters. The van der Waals surface area contributed by atoms with Gasteiger partial charge in [-0.25, -0.2) is 4.98 Å². The molecule has 0 fully saturated rings. The number of aromatic nitrogens is 2. The lowest BCUT2D eigenvalue weighted by Gasteiger charge is -2.21. The highest BCUT2D eigenvalue weighted by Gasteiger charge is 2.23. The Morgan fingerprint density at radius 3 is 2.71 bits per heavy atom. The summed E-state index contributed by atoms with van der Waals surface area (Å²) < 4.78 is 6.09. The number of hydrogen-bond acceptors (Lipinski definition) is 5. The molecule has 0 saturated heterocycles. The first-order chi connectivity index (χ1) is 16.3. The van der Waals surface area contributed by atoms with Crippen molar-refractivity contribution in [3.8, 4) is 16.9 Å². The minimum absolute atomic E-state index is 0.221. The number of nitrogens with zero attached hydrogens (tertiary/aromatic N) is 1. The number of H-pyrrole nitrogens is 1. The molecule has 2 heterocycles. The van der Waals surface area contributed by atoms with Crippen LogP contribution in [0.25, 0.3) is 21.9 Å². The Morgan fingerprint density at radius 2 is 1.97 bits per heavy atom. The first kappa shape index (κ1) is 23.3. The molecule has 0 aliphatic carbocycles. The van der Waals surface area contributed by atoms with Gasteiger partial charge in [0.2, 0.25) is 0 Å². The number of amides is 1. The summed E-state index contributed by atoms with van der Waals surface area (Å²) >= 11 is 6.43. The minimum atomic E-state index is -0.731. The van der Waals surface area contributed by atoms with Gasteiger partial charge in [-0.15, -0.1) is 0 Å². The number of aromatic amines is 1. The molecule has 0 bridgehead atoms. The maximum Gasteiger partial charge on any atom is 0.265 e. The predicted molar refractivity (Wildman–Crippen MR) is 136 cm³/mol. The van der Waals surface area contributed by atoms with E-state index in [0.717, 1.165) is 10.8 Å². The van der Waals surface area contributed by atoms with E-state index in [1.54, 1.807) is 48.8 Å². The van der Waals surface area contributed by atoms with Gasteiger partial charge in [-0.3, -0.25) is 9.59 Å². The number of nitrogen functional groups attached to an aromatic ring is 1. The number of carbonyl (C=O) groups excluding carboxylic acids is 1. The van der Waals surface area contributed by atoms with Crippen LogP contribution >= 0.6 is 11.6 Å². The fourth-order valence-electron chi connectivity index (χ4n) is 3.71. The maximum absolute atomic E-state index is 13.1. The summed E-state index contributed by atoms with van der Waals surface area (Å²) in [6, 6.07) is 15.8. The summed E-state index contributed by atoms with van der Waals surface area (Å²) in [5.74, 6) is 0.859. The zero-order chi connectivity index (χ0) is 24.2. The lowest BCUT2D eigenvalue weighted by Crippen LogP contribution is -2.34. The molecule has 7 nitrogen and oxygen atoms in total. The number of hydrogen-bond donors (Lipinski definition) is 3. The third-order valence-electron chi connectivity index (χ3n) is 5.37. The Balaban J connectivity index is 1.55. The number of fused-ring (bicyclic) bond motifs is 1. The zero-order valence-corrected chi connectivity index (χ0v) is 19.6. The molecule has 8 heteroatoms. The summed E-state index contributed by atoms with van der Waals surface area (Å²) in [5.41, 5.74) is 7.31. The number of rotatable bonds is 7. The second kappa shape index (κ2) is 9.97. The molecule has 0 aliphatic heterocycles. The van der Waals surface area contributed by atoms with E-state index in [0.29, 0.717) is 39.8 Å². The molecule has 0 spiro atoms. The molecular weight excluding hydrogens is 452 g/mol. The van der Waals surface area contributed by atoms with Crippen molar-refractivity contribution in [2.45, 2.75) is 26.4 Å². The van der Waals surface area contributed by atoms with Gasteiger partial charge in [0.1, 0.15) is 11.6 Å². The Hall–Kier alpha value is -3.84. The highest BCUT2D eigenvalue weighted by molar-refractivity contribution is 6.33. The number of carbonyl (C=O) groups is 1. The normalized spacial score (nSPS) is 12.0. The van der Waals surface area contributed by atoms with Gasteiger partial charge in [0, 0.05) is 34.6 Å². The van der Waals surface area contributed by atoms with Gasteiger partial charge in [0.25, 0.3) is 11.5 Å². The monoisotopic (exact) mass is 476 g/mol. The van der Waals surface area contributed by atoms with Crippen LogP contribution < -0.4 is 21.3 Å². The molecule has 4 rings (SSSR count). The Morgan fingerprint density at radius 1 is 1.15 bits per heavy atom. The van der Waals surface area contributed by atoms with Crippen molar-refractivity contribution in [3.63, 3.8) is 0 Å². The average Bonchev–Trinajstić information content (AvgIpc) is 2.80. The average molecular weight is 477 g/mol. The Kier molecular flexibility index (Phi) is 6.84. The van der Waals surface area contributed by atoms with E-state index >= 15 is 0 Å². The molecule has 4 N–H and O–H groups in total. The van der Waals surface area contributed by atoms with Crippen LogP contribution in [0.3, 0.4) is 0 Å². The molecule has 0 aliphatic rings. The fraction of sp³-hybridized carbons (Fsp3) is 0.192. The maximum atomic E-state index is 13.1. The molecule has 34 heavy (non-hydrogen) atoms. The third-order valence-corrected chi connectivity index (χ3v) is 5.68.